The maximum atomic E-state index is 13.0. The number of ether oxygens (including phenoxy) is 1. The summed E-state index contributed by atoms with van der Waals surface area (Å²) < 4.78 is 18.6. The van der Waals surface area contributed by atoms with Crippen molar-refractivity contribution >= 4 is 0 Å². The number of halogens is 1. The maximum absolute atomic E-state index is 13.0. The van der Waals surface area contributed by atoms with Gasteiger partial charge in [-0.3, -0.25) is 0 Å². The molecule has 0 bridgehead atoms. The molecule has 17 heavy (non-hydrogen) atoms. The predicted molar refractivity (Wildman–Crippen MR) is 64.3 cm³/mol. The monoisotopic (exact) mass is 238 g/mol. The topological polar surface area (TPSA) is 29.5 Å². The highest BCUT2D eigenvalue weighted by atomic mass is 19.1. The van der Waals surface area contributed by atoms with E-state index in [1.807, 2.05) is 6.07 Å². The van der Waals surface area contributed by atoms with Crippen molar-refractivity contribution in [1.82, 2.24) is 0 Å². The maximum Gasteiger partial charge on any atom is 0.123 e. The van der Waals surface area contributed by atoms with Crippen molar-refractivity contribution in [2.75, 3.05) is 13.2 Å². The van der Waals surface area contributed by atoms with E-state index in [-0.39, 0.29) is 24.4 Å². The third-order valence-corrected chi connectivity index (χ3v) is 3.29. The van der Waals surface area contributed by atoms with Gasteiger partial charge in [-0.15, -0.1) is 0 Å². The quantitative estimate of drug-likeness (QED) is 0.854. The van der Waals surface area contributed by atoms with Crippen LogP contribution < -0.4 is 0 Å². The van der Waals surface area contributed by atoms with Crippen LogP contribution in [0.25, 0.3) is 0 Å². The summed E-state index contributed by atoms with van der Waals surface area (Å²) >= 11 is 0. The molecule has 3 heteroatoms. The number of hydrogen-bond acceptors (Lipinski definition) is 2. The Hall–Kier alpha value is -0.930. The molecule has 0 radical (unpaired) electrons. The summed E-state index contributed by atoms with van der Waals surface area (Å²) in [5, 5.41) is 9.37. The lowest BCUT2D eigenvalue weighted by molar-refractivity contribution is 0.0766. The molecule has 1 aromatic carbocycles. The Labute approximate surface area is 101 Å². The van der Waals surface area contributed by atoms with Crippen molar-refractivity contribution in [3.05, 3.63) is 35.6 Å². The second kappa shape index (κ2) is 6.12. The Balaban J connectivity index is 1.90. The first kappa shape index (κ1) is 12.5. The van der Waals surface area contributed by atoms with E-state index >= 15 is 0 Å². The number of benzene rings is 1. The van der Waals surface area contributed by atoms with Gasteiger partial charge in [-0.25, -0.2) is 4.39 Å². The lowest BCUT2D eigenvalue weighted by atomic mass is 9.93. The SMILES string of the molecule is OCC(Cc1cccc(F)c1)CC1CCCO1. The van der Waals surface area contributed by atoms with Crippen molar-refractivity contribution in [2.24, 2.45) is 5.92 Å². The normalized spacial score (nSPS) is 21.6. The molecule has 1 heterocycles. The summed E-state index contributed by atoms with van der Waals surface area (Å²) in [4.78, 5) is 0. The standard InChI is InChI=1S/C14H19FO2/c15-13-4-1-3-11(8-13)7-12(10-16)9-14-5-2-6-17-14/h1,3-4,8,12,14,16H,2,5-7,9-10H2. The van der Waals surface area contributed by atoms with Crippen LogP contribution in [0.3, 0.4) is 0 Å². The molecule has 2 atom stereocenters. The first-order chi connectivity index (χ1) is 8.28. The molecule has 2 unspecified atom stereocenters. The summed E-state index contributed by atoms with van der Waals surface area (Å²) in [6.07, 6.45) is 4.06. The Bertz CT molecular complexity index is 348. The van der Waals surface area contributed by atoms with Crippen LogP contribution in [0.15, 0.2) is 24.3 Å². The second-order valence-corrected chi connectivity index (χ2v) is 4.75. The summed E-state index contributed by atoms with van der Waals surface area (Å²) in [5.74, 6) is -0.0452. The summed E-state index contributed by atoms with van der Waals surface area (Å²) in [6, 6.07) is 6.60. The minimum Gasteiger partial charge on any atom is -0.396 e. The highest BCUT2D eigenvalue weighted by molar-refractivity contribution is 5.16. The first-order valence-electron chi connectivity index (χ1n) is 6.25. The van der Waals surface area contributed by atoms with Gasteiger partial charge < -0.3 is 9.84 Å². The summed E-state index contributed by atoms with van der Waals surface area (Å²) in [5.41, 5.74) is 0.946. The molecule has 1 aliphatic rings. The van der Waals surface area contributed by atoms with Gasteiger partial charge in [-0.2, -0.15) is 0 Å². The van der Waals surface area contributed by atoms with E-state index in [1.165, 1.54) is 12.1 Å². The average Bonchev–Trinajstić information content (AvgIpc) is 2.81. The molecule has 0 spiro atoms. The largest absolute Gasteiger partial charge is 0.396 e. The van der Waals surface area contributed by atoms with Crippen LogP contribution in [0.5, 0.6) is 0 Å². The van der Waals surface area contributed by atoms with Crippen LogP contribution in [0, 0.1) is 11.7 Å². The zero-order valence-electron chi connectivity index (χ0n) is 9.94. The Morgan fingerprint density at radius 2 is 2.35 bits per heavy atom. The van der Waals surface area contributed by atoms with Crippen molar-refractivity contribution in [3.8, 4) is 0 Å². The van der Waals surface area contributed by atoms with Crippen molar-refractivity contribution in [2.45, 2.75) is 31.8 Å². The van der Waals surface area contributed by atoms with Crippen LogP contribution >= 0.6 is 0 Å². The smallest absolute Gasteiger partial charge is 0.123 e. The van der Waals surface area contributed by atoms with Crippen molar-refractivity contribution in [3.63, 3.8) is 0 Å². The van der Waals surface area contributed by atoms with Crippen LogP contribution in [0.1, 0.15) is 24.8 Å². The van der Waals surface area contributed by atoms with Gasteiger partial charge in [0.25, 0.3) is 0 Å². The van der Waals surface area contributed by atoms with Crippen LogP contribution in [-0.4, -0.2) is 24.4 Å². The molecule has 1 aromatic rings. The van der Waals surface area contributed by atoms with Gasteiger partial charge in [0, 0.05) is 13.2 Å². The van der Waals surface area contributed by atoms with Gasteiger partial charge in [0.2, 0.25) is 0 Å². The number of aliphatic hydroxyl groups is 1. The van der Waals surface area contributed by atoms with Crippen LogP contribution in [0.4, 0.5) is 4.39 Å². The van der Waals surface area contributed by atoms with Gasteiger partial charge in [-0.05, 0) is 49.3 Å². The molecule has 0 aliphatic carbocycles. The van der Waals surface area contributed by atoms with E-state index in [1.54, 1.807) is 6.07 Å². The molecule has 94 valence electrons. The minimum absolute atomic E-state index is 0.135. The lowest BCUT2D eigenvalue weighted by Gasteiger charge is -2.18. The van der Waals surface area contributed by atoms with E-state index in [9.17, 15) is 9.50 Å². The third kappa shape index (κ3) is 3.79. The highest BCUT2D eigenvalue weighted by Gasteiger charge is 2.20. The fourth-order valence-electron chi connectivity index (χ4n) is 2.42. The first-order valence-corrected chi connectivity index (χ1v) is 6.25. The summed E-state index contributed by atoms with van der Waals surface area (Å²) in [7, 11) is 0. The van der Waals surface area contributed by atoms with Gasteiger partial charge in [0.05, 0.1) is 6.10 Å². The van der Waals surface area contributed by atoms with E-state index in [0.717, 1.165) is 31.4 Å². The molecule has 0 saturated carbocycles. The fraction of sp³-hybridized carbons (Fsp3) is 0.571. The van der Waals surface area contributed by atoms with Crippen molar-refractivity contribution < 1.29 is 14.2 Å². The molecule has 1 fully saturated rings. The van der Waals surface area contributed by atoms with Gasteiger partial charge in [0.15, 0.2) is 0 Å². The van der Waals surface area contributed by atoms with Gasteiger partial charge in [-0.1, -0.05) is 12.1 Å². The fourth-order valence-corrected chi connectivity index (χ4v) is 2.42. The minimum atomic E-state index is -0.212. The molecule has 1 N–H and O–H groups in total. The zero-order valence-corrected chi connectivity index (χ0v) is 9.94. The molecule has 1 saturated heterocycles. The Morgan fingerprint density at radius 3 is 3.00 bits per heavy atom. The molecule has 2 nitrogen and oxygen atoms in total. The molecular formula is C14H19FO2. The lowest BCUT2D eigenvalue weighted by Crippen LogP contribution is -2.18. The van der Waals surface area contributed by atoms with E-state index in [2.05, 4.69) is 0 Å². The van der Waals surface area contributed by atoms with Crippen LogP contribution in [-0.2, 0) is 11.2 Å². The molecular weight excluding hydrogens is 219 g/mol. The zero-order chi connectivity index (χ0) is 12.1. The van der Waals surface area contributed by atoms with E-state index < -0.39 is 0 Å². The Morgan fingerprint density at radius 1 is 1.47 bits per heavy atom. The van der Waals surface area contributed by atoms with Crippen LogP contribution in [0.2, 0.25) is 0 Å². The van der Waals surface area contributed by atoms with Gasteiger partial charge in [0.1, 0.15) is 5.82 Å². The summed E-state index contributed by atoms with van der Waals surface area (Å²) in [6.45, 7) is 0.971. The molecule has 1 aliphatic heterocycles. The number of rotatable bonds is 5. The average molecular weight is 238 g/mol. The van der Waals surface area contributed by atoms with E-state index in [4.69, 9.17) is 4.74 Å². The number of aliphatic hydroxyl groups excluding tert-OH is 1. The third-order valence-electron chi connectivity index (χ3n) is 3.29. The molecule has 2 rings (SSSR count). The predicted octanol–water partition coefficient (Wildman–Crippen LogP) is 2.55. The second-order valence-electron chi connectivity index (χ2n) is 4.75. The Kier molecular flexibility index (Phi) is 4.51. The molecule has 0 amide bonds. The van der Waals surface area contributed by atoms with Gasteiger partial charge >= 0.3 is 0 Å². The van der Waals surface area contributed by atoms with E-state index in [0.29, 0.717) is 6.42 Å². The van der Waals surface area contributed by atoms with Crippen molar-refractivity contribution in [1.29, 1.82) is 0 Å². The number of hydrogen-bond donors (Lipinski definition) is 1. The highest BCUT2D eigenvalue weighted by Crippen LogP contribution is 2.22. The molecule has 0 aromatic heterocycles.